The second-order valence-electron chi connectivity index (χ2n) is 5.39. The predicted molar refractivity (Wildman–Crippen MR) is 87.2 cm³/mol. The van der Waals surface area contributed by atoms with E-state index in [1.165, 1.54) is 24.3 Å². The first-order valence-electron chi connectivity index (χ1n) is 7.31. The molecule has 1 aliphatic rings. The Morgan fingerprint density at radius 2 is 1.96 bits per heavy atom. The molecule has 0 aliphatic carbocycles. The summed E-state index contributed by atoms with van der Waals surface area (Å²) in [6, 6.07) is 5.50. The van der Waals surface area contributed by atoms with Crippen molar-refractivity contribution in [3.63, 3.8) is 0 Å². The van der Waals surface area contributed by atoms with E-state index < -0.39 is 22.8 Å². The summed E-state index contributed by atoms with van der Waals surface area (Å²) >= 11 is 0. The van der Waals surface area contributed by atoms with Crippen molar-refractivity contribution in [3.8, 4) is 0 Å². The number of nitrogens with one attached hydrogen (secondary N) is 1. The third-order valence-corrected chi connectivity index (χ3v) is 3.84. The van der Waals surface area contributed by atoms with Crippen molar-refractivity contribution < 1.29 is 24.4 Å². The van der Waals surface area contributed by atoms with Gasteiger partial charge >= 0.3 is 11.9 Å². The van der Waals surface area contributed by atoms with Crippen LogP contribution in [0.4, 0.5) is 5.69 Å². The van der Waals surface area contributed by atoms with Gasteiger partial charge in [0.25, 0.3) is 5.69 Å². The van der Waals surface area contributed by atoms with Crippen LogP contribution in [0.3, 0.4) is 0 Å². The van der Waals surface area contributed by atoms with Crippen molar-refractivity contribution in [1.82, 2.24) is 5.32 Å². The molecular weight excluding hydrogens is 330 g/mol. The molecule has 0 saturated carbocycles. The van der Waals surface area contributed by atoms with Crippen LogP contribution >= 0.6 is 0 Å². The van der Waals surface area contributed by atoms with E-state index in [0.29, 0.717) is 17.0 Å². The highest BCUT2D eigenvalue weighted by atomic mass is 16.6. The van der Waals surface area contributed by atoms with Gasteiger partial charge in [-0.05, 0) is 19.4 Å². The third-order valence-electron chi connectivity index (χ3n) is 3.84. The fraction of sp³-hybridized carbons (Fsp3) is 0.250. The summed E-state index contributed by atoms with van der Waals surface area (Å²) in [6.45, 7) is 2.78. The average molecular weight is 347 g/mol. The number of esters is 1. The van der Waals surface area contributed by atoms with Gasteiger partial charge in [-0.3, -0.25) is 15.8 Å². The standard InChI is InChI=1S/C16H17N3O6/c1-8-12(15(20)21)14(10-4-3-5-11(6-10)19(23)24)13(9(2)18-8)16(22)25-7-17/h3-6,14,18H,7,17H2,1-2H3,(H,20,21)/t14-/m1/s1. The summed E-state index contributed by atoms with van der Waals surface area (Å²) in [5, 5.41) is 23.5. The van der Waals surface area contributed by atoms with Crippen LogP contribution < -0.4 is 11.1 Å². The zero-order valence-electron chi connectivity index (χ0n) is 13.6. The molecular formula is C16H17N3O6. The molecule has 0 fully saturated rings. The van der Waals surface area contributed by atoms with Crippen molar-refractivity contribution in [1.29, 1.82) is 0 Å². The minimum Gasteiger partial charge on any atom is -0.478 e. The zero-order valence-corrected chi connectivity index (χ0v) is 13.6. The van der Waals surface area contributed by atoms with Gasteiger partial charge in [0, 0.05) is 23.5 Å². The molecule has 1 heterocycles. The number of carbonyl (C=O) groups is 2. The molecule has 1 aliphatic heterocycles. The van der Waals surface area contributed by atoms with Crippen molar-refractivity contribution in [2.24, 2.45) is 5.73 Å². The Morgan fingerprint density at radius 3 is 2.52 bits per heavy atom. The average Bonchev–Trinajstić information content (AvgIpc) is 2.53. The molecule has 1 aromatic carbocycles. The molecule has 0 amide bonds. The topological polar surface area (TPSA) is 145 Å². The number of rotatable bonds is 5. The van der Waals surface area contributed by atoms with Gasteiger partial charge in [-0.15, -0.1) is 0 Å². The minimum absolute atomic E-state index is 0.0500. The molecule has 25 heavy (non-hydrogen) atoms. The Hall–Kier alpha value is -3.20. The number of ether oxygens (including phenoxy) is 1. The largest absolute Gasteiger partial charge is 0.478 e. The molecule has 2 rings (SSSR count). The number of carboxylic acid groups (broad SMARTS) is 1. The van der Waals surface area contributed by atoms with E-state index >= 15 is 0 Å². The summed E-state index contributed by atoms with van der Waals surface area (Å²) in [5.74, 6) is -3.04. The van der Waals surface area contributed by atoms with Gasteiger partial charge in [0.05, 0.1) is 22.0 Å². The van der Waals surface area contributed by atoms with Crippen molar-refractivity contribution >= 4 is 17.6 Å². The number of hydrogen-bond acceptors (Lipinski definition) is 7. The van der Waals surface area contributed by atoms with E-state index in [0.717, 1.165) is 0 Å². The first-order chi connectivity index (χ1) is 11.8. The molecule has 0 radical (unpaired) electrons. The summed E-state index contributed by atoms with van der Waals surface area (Å²) < 4.78 is 4.84. The maximum absolute atomic E-state index is 12.3. The van der Waals surface area contributed by atoms with Gasteiger partial charge in [-0.25, -0.2) is 9.59 Å². The SMILES string of the molecule is CC1=C(C(=O)O)[C@@H](c2cccc([N+](=O)[O-])c2)C(C(=O)OCN)=C(C)N1. The number of dihydropyridines is 1. The van der Waals surface area contributed by atoms with Crippen LogP contribution in [0.15, 0.2) is 46.8 Å². The second-order valence-corrected chi connectivity index (χ2v) is 5.39. The smallest absolute Gasteiger partial charge is 0.338 e. The van der Waals surface area contributed by atoms with E-state index in [1.807, 2.05) is 0 Å². The lowest BCUT2D eigenvalue weighted by Gasteiger charge is -2.29. The van der Waals surface area contributed by atoms with Gasteiger partial charge < -0.3 is 15.2 Å². The number of carboxylic acids is 1. The molecule has 4 N–H and O–H groups in total. The van der Waals surface area contributed by atoms with E-state index in [-0.39, 0.29) is 23.6 Å². The van der Waals surface area contributed by atoms with Crippen LogP contribution in [0.1, 0.15) is 25.3 Å². The maximum Gasteiger partial charge on any atom is 0.338 e. The van der Waals surface area contributed by atoms with Crippen molar-refractivity contribution in [3.05, 3.63) is 62.5 Å². The van der Waals surface area contributed by atoms with Crippen molar-refractivity contribution in [2.75, 3.05) is 6.73 Å². The Kier molecular flexibility index (Phi) is 5.18. The minimum atomic E-state index is -1.24. The highest BCUT2D eigenvalue weighted by molar-refractivity contribution is 5.99. The molecule has 0 unspecified atom stereocenters. The fourth-order valence-corrected chi connectivity index (χ4v) is 2.85. The normalized spacial score (nSPS) is 17.2. The number of nitro groups is 1. The van der Waals surface area contributed by atoms with Crippen LogP contribution in [0, 0.1) is 10.1 Å². The first kappa shape index (κ1) is 18.1. The van der Waals surface area contributed by atoms with Gasteiger partial charge in [-0.2, -0.15) is 0 Å². The summed E-state index contributed by atoms with van der Waals surface area (Å²) in [7, 11) is 0. The Balaban J connectivity index is 2.69. The molecule has 1 aromatic rings. The number of aliphatic carboxylic acids is 1. The van der Waals surface area contributed by atoms with E-state index in [9.17, 15) is 24.8 Å². The maximum atomic E-state index is 12.3. The van der Waals surface area contributed by atoms with Gasteiger partial charge in [-0.1, -0.05) is 12.1 Å². The van der Waals surface area contributed by atoms with Crippen LogP contribution in [0.2, 0.25) is 0 Å². The molecule has 9 heteroatoms. The number of allylic oxidation sites excluding steroid dienone is 2. The fourth-order valence-electron chi connectivity index (χ4n) is 2.85. The summed E-state index contributed by atoms with van der Waals surface area (Å²) in [5.41, 5.74) is 6.04. The molecule has 0 bridgehead atoms. The monoisotopic (exact) mass is 347 g/mol. The number of hydrogen-bond donors (Lipinski definition) is 3. The van der Waals surface area contributed by atoms with Gasteiger partial charge in [0.1, 0.15) is 6.73 Å². The highest BCUT2D eigenvalue weighted by Crippen LogP contribution is 2.39. The lowest BCUT2D eigenvalue weighted by atomic mass is 9.80. The summed E-state index contributed by atoms with van der Waals surface area (Å²) in [6.07, 6.45) is 0. The van der Waals surface area contributed by atoms with Crippen LogP contribution in [0.5, 0.6) is 0 Å². The van der Waals surface area contributed by atoms with Crippen LogP contribution in [-0.2, 0) is 14.3 Å². The molecule has 1 atom stereocenters. The number of nitrogens with zero attached hydrogens (tertiary/aromatic N) is 1. The summed E-state index contributed by atoms with van der Waals surface area (Å²) in [4.78, 5) is 34.6. The molecule has 9 nitrogen and oxygen atoms in total. The lowest BCUT2D eigenvalue weighted by molar-refractivity contribution is -0.384. The number of non-ortho nitro benzene ring substituents is 1. The molecule has 132 valence electrons. The number of carbonyl (C=O) groups excluding carboxylic acids is 1. The van der Waals surface area contributed by atoms with Gasteiger partial charge in [0.15, 0.2) is 0 Å². The second kappa shape index (κ2) is 7.14. The van der Waals surface area contributed by atoms with E-state index in [1.54, 1.807) is 13.8 Å². The van der Waals surface area contributed by atoms with Gasteiger partial charge in [0.2, 0.25) is 0 Å². The Labute approximate surface area is 142 Å². The Morgan fingerprint density at radius 1 is 1.32 bits per heavy atom. The van der Waals surface area contributed by atoms with E-state index in [2.05, 4.69) is 5.32 Å². The predicted octanol–water partition coefficient (Wildman–Crippen LogP) is 1.37. The molecule has 0 saturated heterocycles. The Bertz CT molecular complexity index is 812. The van der Waals surface area contributed by atoms with Crippen LogP contribution in [-0.4, -0.2) is 28.7 Å². The quantitative estimate of drug-likeness (QED) is 0.313. The zero-order chi connectivity index (χ0) is 18.7. The molecule has 0 spiro atoms. The first-order valence-corrected chi connectivity index (χ1v) is 7.31. The lowest BCUT2D eigenvalue weighted by Crippen LogP contribution is -2.32. The van der Waals surface area contributed by atoms with Crippen molar-refractivity contribution in [2.45, 2.75) is 19.8 Å². The number of nitro benzene ring substituents is 1. The molecule has 0 aromatic heterocycles. The third kappa shape index (κ3) is 3.50. The highest BCUT2D eigenvalue weighted by Gasteiger charge is 2.37. The number of nitrogens with two attached hydrogens (primary N) is 1. The number of benzene rings is 1. The van der Waals surface area contributed by atoms with Crippen LogP contribution in [0.25, 0.3) is 0 Å². The van der Waals surface area contributed by atoms with E-state index in [4.69, 9.17) is 10.5 Å².